The maximum Gasteiger partial charge on any atom is 0.224 e. The van der Waals surface area contributed by atoms with Crippen LogP contribution >= 0.6 is 11.6 Å². The molecule has 0 aliphatic carbocycles. The minimum absolute atomic E-state index is 0.119. The molecule has 2 aromatic carbocycles. The number of hydrogen-bond acceptors (Lipinski definition) is 1. The van der Waals surface area contributed by atoms with Gasteiger partial charge in [0, 0.05) is 11.6 Å². The molecule has 0 unspecified atom stereocenters. The zero-order valence-electron chi connectivity index (χ0n) is 10.2. The summed E-state index contributed by atoms with van der Waals surface area (Å²) in [5.74, 6) is -0.424. The van der Waals surface area contributed by atoms with Gasteiger partial charge in [-0.2, -0.15) is 0 Å². The molecule has 1 amide bonds. The second kappa shape index (κ2) is 6.34. The Labute approximate surface area is 116 Å². The third kappa shape index (κ3) is 4.07. The van der Waals surface area contributed by atoms with Gasteiger partial charge in [-0.05, 0) is 29.3 Å². The van der Waals surface area contributed by atoms with Gasteiger partial charge in [-0.25, -0.2) is 4.39 Å². The summed E-state index contributed by atoms with van der Waals surface area (Å²) in [5, 5.41) is 3.41. The van der Waals surface area contributed by atoms with E-state index in [2.05, 4.69) is 5.32 Å². The molecule has 0 aliphatic heterocycles. The van der Waals surface area contributed by atoms with Crippen molar-refractivity contribution < 1.29 is 9.18 Å². The maximum atomic E-state index is 12.7. The second-order valence-corrected chi connectivity index (χ2v) is 4.58. The van der Waals surface area contributed by atoms with Gasteiger partial charge >= 0.3 is 0 Å². The number of hydrogen-bond donors (Lipinski definition) is 1. The number of carbonyl (C=O) groups is 1. The Balaban J connectivity index is 1.88. The molecule has 0 radical (unpaired) electrons. The highest BCUT2D eigenvalue weighted by molar-refractivity contribution is 6.31. The van der Waals surface area contributed by atoms with Crippen LogP contribution in [-0.4, -0.2) is 5.91 Å². The summed E-state index contributed by atoms with van der Waals surface area (Å²) in [4.78, 5) is 11.7. The summed E-state index contributed by atoms with van der Waals surface area (Å²) in [7, 11) is 0. The molecular weight excluding hydrogens is 265 g/mol. The number of carbonyl (C=O) groups excluding carboxylic acids is 1. The molecule has 19 heavy (non-hydrogen) atoms. The average molecular weight is 278 g/mol. The van der Waals surface area contributed by atoms with Crippen molar-refractivity contribution in [3.63, 3.8) is 0 Å². The van der Waals surface area contributed by atoms with Crippen LogP contribution in [0, 0.1) is 5.82 Å². The van der Waals surface area contributed by atoms with Crippen molar-refractivity contribution in [1.29, 1.82) is 0 Å². The van der Waals surface area contributed by atoms with Crippen LogP contribution in [0.1, 0.15) is 11.1 Å². The summed E-state index contributed by atoms with van der Waals surface area (Å²) >= 11 is 5.99. The van der Waals surface area contributed by atoms with E-state index in [1.54, 1.807) is 18.2 Å². The van der Waals surface area contributed by atoms with Gasteiger partial charge in [0.15, 0.2) is 0 Å². The molecule has 0 bridgehead atoms. The lowest BCUT2D eigenvalue weighted by Crippen LogP contribution is -2.24. The normalized spacial score (nSPS) is 10.2. The van der Waals surface area contributed by atoms with Gasteiger partial charge in [0.1, 0.15) is 5.82 Å². The average Bonchev–Trinajstić information content (AvgIpc) is 2.40. The Bertz CT molecular complexity index is 569. The first kappa shape index (κ1) is 13.6. The molecule has 0 fully saturated rings. The van der Waals surface area contributed by atoms with Crippen LogP contribution in [0.4, 0.5) is 4.39 Å². The molecule has 0 saturated carbocycles. The molecule has 0 saturated heterocycles. The quantitative estimate of drug-likeness (QED) is 0.912. The van der Waals surface area contributed by atoms with Crippen LogP contribution < -0.4 is 5.32 Å². The van der Waals surface area contributed by atoms with Gasteiger partial charge in [-0.15, -0.1) is 0 Å². The van der Waals surface area contributed by atoms with Crippen molar-refractivity contribution in [1.82, 2.24) is 5.32 Å². The van der Waals surface area contributed by atoms with E-state index in [4.69, 9.17) is 11.6 Å². The topological polar surface area (TPSA) is 29.1 Å². The van der Waals surface area contributed by atoms with Crippen molar-refractivity contribution >= 4 is 17.5 Å². The fraction of sp³-hybridized carbons (Fsp3) is 0.133. The van der Waals surface area contributed by atoms with E-state index in [0.717, 1.165) is 11.1 Å². The lowest BCUT2D eigenvalue weighted by Gasteiger charge is -2.07. The first-order valence-electron chi connectivity index (χ1n) is 5.90. The monoisotopic (exact) mass is 277 g/mol. The first-order chi connectivity index (χ1) is 9.15. The standard InChI is InChI=1S/C15H13ClFNO/c16-14-4-2-1-3-12(14)10-18-15(19)9-11-5-7-13(17)8-6-11/h1-8H,9-10H2,(H,18,19). The fourth-order valence-electron chi connectivity index (χ4n) is 1.69. The molecule has 0 heterocycles. The van der Waals surface area contributed by atoms with E-state index < -0.39 is 0 Å². The first-order valence-corrected chi connectivity index (χ1v) is 6.27. The number of halogens is 2. The molecule has 0 aliphatic rings. The molecule has 2 aromatic rings. The SMILES string of the molecule is O=C(Cc1ccc(F)cc1)NCc1ccccc1Cl. The Morgan fingerprint density at radius 1 is 1.11 bits per heavy atom. The molecule has 2 rings (SSSR count). The highest BCUT2D eigenvalue weighted by Crippen LogP contribution is 2.14. The van der Waals surface area contributed by atoms with Crippen molar-refractivity contribution in [2.45, 2.75) is 13.0 Å². The van der Waals surface area contributed by atoms with Gasteiger partial charge in [0.05, 0.1) is 6.42 Å². The highest BCUT2D eigenvalue weighted by atomic mass is 35.5. The summed E-state index contributed by atoms with van der Waals surface area (Å²) in [6.45, 7) is 0.389. The van der Waals surface area contributed by atoms with Crippen molar-refractivity contribution in [3.05, 3.63) is 70.5 Å². The molecule has 0 aromatic heterocycles. The highest BCUT2D eigenvalue weighted by Gasteiger charge is 2.05. The molecule has 0 spiro atoms. The molecule has 2 nitrogen and oxygen atoms in total. The van der Waals surface area contributed by atoms with Crippen LogP contribution in [0.25, 0.3) is 0 Å². The van der Waals surface area contributed by atoms with E-state index in [0.29, 0.717) is 11.6 Å². The number of amides is 1. The van der Waals surface area contributed by atoms with Crippen molar-refractivity contribution in [2.24, 2.45) is 0 Å². The number of nitrogens with one attached hydrogen (secondary N) is 1. The molecule has 0 atom stereocenters. The van der Waals surface area contributed by atoms with Gasteiger partial charge in [0.25, 0.3) is 0 Å². The van der Waals surface area contributed by atoms with Gasteiger partial charge in [-0.1, -0.05) is 41.9 Å². The molecule has 98 valence electrons. The lowest BCUT2D eigenvalue weighted by atomic mass is 10.1. The van der Waals surface area contributed by atoms with Gasteiger partial charge < -0.3 is 5.32 Å². The second-order valence-electron chi connectivity index (χ2n) is 4.17. The molecule has 1 N–H and O–H groups in total. The third-order valence-electron chi connectivity index (χ3n) is 2.71. The summed E-state index contributed by atoms with van der Waals surface area (Å²) in [5.41, 5.74) is 1.65. The largest absolute Gasteiger partial charge is 0.352 e. The van der Waals surface area contributed by atoms with Crippen LogP contribution in [0.2, 0.25) is 5.02 Å². The maximum absolute atomic E-state index is 12.7. The van der Waals surface area contributed by atoms with E-state index >= 15 is 0 Å². The molecular formula is C15H13ClFNO. The summed E-state index contributed by atoms with van der Waals surface area (Å²) in [6, 6.07) is 13.2. The molecule has 4 heteroatoms. The van der Waals surface area contributed by atoms with Gasteiger partial charge in [-0.3, -0.25) is 4.79 Å². The third-order valence-corrected chi connectivity index (χ3v) is 3.08. The van der Waals surface area contributed by atoms with Crippen LogP contribution in [0.3, 0.4) is 0 Å². The minimum Gasteiger partial charge on any atom is -0.352 e. The lowest BCUT2D eigenvalue weighted by molar-refractivity contribution is -0.120. The van der Waals surface area contributed by atoms with Gasteiger partial charge in [0.2, 0.25) is 5.91 Å². The Morgan fingerprint density at radius 3 is 2.47 bits per heavy atom. The summed E-state index contributed by atoms with van der Waals surface area (Å²) < 4.78 is 12.7. The van der Waals surface area contributed by atoms with E-state index in [1.165, 1.54) is 12.1 Å². The van der Waals surface area contributed by atoms with Crippen molar-refractivity contribution in [2.75, 3.05) is 0 Å². The predicted octanol–water partition coefficient (Wildman–Crippen LogP) is 3.34. The fourth-order valence-corrected chi connectivity index (χ4v) is 1.89. The van der Waals surface area contributed by atoms with E-state index in [1.807, 2.05) is 18.2 Å². The van der Waals surface area contributed by atoms with Crippen LogP contribution in [0.5, 0.6) is 0 Å². The number of rotatable bonds is 4. The zero-order valence-corrected chi connectivity index (χ0v) is 11.0. The van der Waals surface area contributed by atoms with E-state index in [9.17, 15) is 9.18 Å². The van der Waals surface area contributed by atoms with E-state index in [-0.39, 0.29) is 18.1 Å². The Hall–Kier alpha value is -1.87. The van der Waals surface area contributed by atoms with Crippen LogP contribution in [0.15, 0.2) is 48.5 Å². The smallest absolute Gasteiger partial charge is 0.224 e. The minimum atomic E-state index is -0.305. The zero-order chi connectivity index (χ0) is 13.7. The summed E-state index contributed by atoms with van der Waals surface area (Å²) in [6.07, 6.45) is 0.227. The Morgan fingerprint density at radius 2 is 1.79 bits per heavy atom. The Kier molecular flexibility index (Phi) is 4.53. The van der Waals surface area contributed by atoms with Crippen LogP contribution in [-0.2, 0) is 17.8 Å². The predicted molar refractivity (Wildman–Crippen MR) is 73.4 cm³/mol. The van der Waals surface area contributed by atoms with Crippen molar-refractivity contribution in [3.8, 4) is 0 Å². The number of benzene rings is 2.